The number of pyridine rings is 1. The van der Waals surface area contributed by atoms with Crippen LogP contribution < -0.4 is 0 Å². The molecule has 1 nitrogen and oxygen atoms in total. The van der Waals surface area contributed by atoms with Gasteiger partial charge >= 0.3 is 0 Å². The third-order valence-corrected chi connectivity index (χ3v) is 3.09. The third kappa shape index (κ3) is 2.04. The van der Waals surface area contributed by atoms with Gasteiger partial charge in [0.25, 0.3) is 0 Å². The highest BCUT2D eigenvalue weighted by Gasteiger charge is 2.02. The average Bonchev–Trinajstić information content (AvgIpc) is 2.18. The molecule has 0 unspecified atom stereocenters. The van der Waals surface area contributed by atoms with Crippen molar-refractivity contribution in [1.82, 2.24) is 4.98 Å². The maximum absolute atomic E-state index is 4.11. The van der Waals surface area contributed by atoms with Crippen molar-refractivity contribution >= 4 is 31.9 Å². The Morgan fingerprint density at radius 2 is 1.93 bits per heavy atom. The molecule has 3 heteroatoms. The fourth-order valence-electron chi connectivity index (χ4n) is 1.25. The normalized spacial score (nSPS) is 10.1. The van der Waals surface area contributed by atoms with Gasteiger partial charge < -0.3 is 0 Å². The van der Waals surface area contributed by atoms with Gasteiger partial charge in [-0.15, -0.1) is 0 Å². The van der Waals surface area contributed by atoms with Gasteiger partial charge in [0.1, 0.15) is 0 Å². The SMILES string of the molecule is Brc1cccc(-c2cnccc2Br)c1. The average molecular weight is 313 g/mol. The van der Waals surface area contributed by atoms with Crippen LogP contribution in [0.3, 0.4) is 0 Å². The van der Waals surface area contributed by atoms with Crippen molar-refractivity contribution in [2.45, 2.75) is 0 Å². The lowest BCUT2D eigenvalue weighted by Crippen LogP contribution is -1.81. The van der Waals surface area contributed by atoms with Gasteiger partial charge in [-0.05, 0) is 23.8 Å². The predicted octanol–water partition coefficient (Wildman–Crippen LogP) is 4.27. The second kappa shape index (κ2) is 4.24. The van der Waals surface area contributed by atoms with Gasteiger partial charge in [0, 0.05) is 26.9 Å². The van der Waals surface area contributed by atoms with E-state index in [1.807, 2.05) is 24.4 Å². The van der Waals surface area contributed by atoms with Crippen LogP contribution in [0, 0.1) is 0 Å². The van der Waals surface area contributed by atoms with E-state index in [1.54, 1.807) is 6.20 Å². The molecule has 0 spiro atoms. The largest absolute Gasteiger partial charge is 0.264 e. The monoisotopic (exact) mass is 311 g/mol. The van der Waals surface area contributed by atoms with E-state index < -0.39 is 0 Å². The molecule has 0 aliphatic heterocycles. The van der Waals surface area contributed by atoms with Crippen LogP contribution in [0.25, 0.3) is 11.1 Å². The second-order valence-corrected chi connectivity index (χ2v) is 4.64. The minimum Gasteiger partial charge on any atom is -0.264 e. The van der Waals surface area contributed by atoms with Gasteiger partial charge in [-0.2, -0.15) is 0 Å². The Labute approximate surface area is 99.4 Å². The molecule has 0 saturated carbocycles. The summed E-state index contributed by atoms with van der Waals surface area (Å²) < 4.78 is 2.14. The predicted molar refractivity (Wildman–Crippen MR) is 65.1 cm³/mol. The van der Waals surface area contributed by atoms with Crippen molar-refractivity contribution < 1.29 is 0 Å². The van der Waals surface area contributed by atoms with Gasteiger partial charge in [-0.25, -0.2) is 0 Å². The van der Waals surface area contributed by atoms with Gasteiger partial charge in [-0.3, -0.25) is 4.98 Å². The number of aromatic nitrogens is 1. The number of hydrogen-bond acceptors (Lipinski definition) is 1. The Hall–Kier alpha value is -0.670. The molecule has 0 bridgehead atoms. The van der Waals surface area contributed by atoms with E-state index in [-0.39, 0.29) is 0 Å². The molecule has 0 aliphatic carbocycles. The van der Waals surface area contributed by atoms with Crippen LogP contribution in [0.1, 0.15) is 0 Å². The molecule has 2 aromatic rings. The Morgan fingerprint density at radius 3 is 2.64 bits per heavy atom. The molecule has 0 radical (unpaired) electrons. The number of rotatable bonds is 1. The Bertz CT molecular complexity index is 455. The first-order valence-corrected chi connectivity index (χ1v) is 5.71. The van der Waals surface area contributed by atoms with E-state index >= 15 is 0 Å². The zero-order valence-corrected chi connectivity index (χ0v) is 10.4. The summed E-state index contributed by atoms with van der Waals surface area (Å²) in [6, 6.07) is 10.1. The number of halogens is 2. The fraction of sp³-hybridized carbons (Fsp3) is 0. The number of nitrogens with zero attached hydrogens (tertiary/aromatic N) is 1. The molecule has 0 atom stereocenters. The number of benzene rings is 1. The van der Waals surface area contributed by atoms with Crippen LogP contribution in [0.5, 0.6) is 0 Å². The molecule has 70 valence electrons. The minimum absolute atomic E-state index is 1.06. The summed E-state index contributed by atoms with van der Waals surface area (Å²) in [4.78, 5) is 4.11. The first kappa shape index (κ1) is 9.87. The van der Waals surface area contributed by atoms with Crippen molar-refractivity contribution in [2.75, 3.05) is 0 Å². The van der Waals surface area contributed by atoms with E-state index in [2.05, 4.69) is 49.0 Å². The van der Waals surface area contributed by atoms with Crippen molar-refractivity contribution in [3.63, 3.8) is 0 Å². The van der Waals surface area contributed by atoms with Gasteiger partial charge in [0.15, 0.2) is 0 Å². The third-order valence-electron chi connectivity index (χ3n) is 1.90. The molecule has 0 fully saturated rings. The molecule has 2 rings (SSSR count). The van der Waals surface area contributed by atoms with Crippen LogP contribution in [0.2, 0.25) is 0 Å². The Balaban J connectivity index is 2.55. The summed E-state index contributed by atoms with van der Waals surface area (Å²) in [5.41, 5.74) is 2.26. The highest BCUT2D eigenvalue weighted by molar-refractivity contribution is 9.10. The standard InChI is InChI=1S/C11H7Br2N/c12-9-3-1-2-8(6-9)10-7-14-5-4-11(10)13/h1-7H. The van der Waals surface area contributed by atoms with Crippen molar-refractivity contribution in [3.8, 4) is 11.1 Å². The summed E-state index contributed by atoms with van der Waals surface area (Å²) in [7, 11) is 0. The summed E-state index contributed by atoms with van der Waals surface area (Å²) >= 11 is 6.95. The lowest BCUT2D eigenvalue weighted by molar-refractivity contribution is 1.32. The van der Waals surface area contributed by atoms with E-state index in [1.165, 1.54) is 0 Å². The van der Waals surface area contributed by atoms with Crippen molar-refractivity contribution in [2.24, 2.45) is 0 Å². The molecule has 1 aromatic carbocycles. The van der Waals surface area contributed by atoms with E-state index in [0.717, 1.165) is 20.1 Å². The molecular weight excluding hydrogens is 306 g/mol. The van der Waals surface area contributed by atoms with Crippen LogP contribution in [-0.4, -0.2) is 4.98 Å². The molecule has 1 heterocycles. The van der Waals surface area contributed by atoms with E-state index in [4.69, 9.17) is 0 Å². The molecule has 0 N–H and O–H groups in total. The number of hydrogen-bond donors (Lipinski definition) is 0. The lowest BCUT2D eigenvalue weighted by Gasteiger charge is -2.03. The maximum Gasteiger partial charge on any atom is 0.0357 e. The highest BCUT2D eigenvalue weighted by Crippen LogP contribution is 2.28. The highest BCUT2D eigenvalue weighted by atomic mass is 79.9. The molecule has 0 amide bonds. The smallest absolute Gasteiger partial charge is 0.0357 e. The van der Waals surface area contributed by atoms with Crippen LogP contribution in [0.4, 0.5) is 0 Å². The van der Waals surface area contributed by atoms with Gasteiger partial charge in [0.05, 0.1) is 0 Å². The minimum atomic E-state index is 1.06. The van der Waals surface area contributed by atoms with Crippen LogP contribution in [-0.2, 0) is 0 Å². The molecule has 1 aromatic heterocycles. The summed E-state index contributed by atoms with van der Waals surface area (Å²) in [5.74, 6) is 0. The second-order valence-electron chi connectivity index (χ2n) is 2.87. The summed E-state index contributed by atoms with van der Waals surface area (Å²) in [5, 5.41) is 0. The summed E-state index contributed by atoms with van der Waals surface area (Å²) in [6.07, 6.45) is 3.62. The molecule has 14 heavy (non-hydrogen) atoms. The van der Waals surface area contributed by atoms with Crippen molar-refractivity contribution in [3.05, 3.63) is 51.7 Å². The first-order valence-electron chi connectivity index (χ1n) is 4.13. The zero-order chi connectivity index (χ0) is 9.97. The first-order chi connectivity index (χ1) is 6.77. The lowest BCUT2D eigenvalue weighted by atomic mass is 10.1. The zero-order valence-electron chi connectivity index (χ0n) is 7.24. The fourth-order valence-corrected chi connectivity index (χ4v) is 2.09. The van der Waals surface area contributed by atoms with E-state index in [0.29, 0.717) is 0 Å². The van der Waals surface area contributed by atoms with Crippen LogP contribution in [0.15, 0.2) is 51.7 Å². The Kier molecular flexibility index (Phi) is 2.99. The molecular formula is C11H7Br2N. The van der Waals surface area contributed by atoms with Gasteiger partial charge in [0.2, 0.25) is 0 Å². The molecule has 0 saturated heterocycles. The molecule has 0 aliphatic rings. The van der Waals surface area contributed by atoms with Gasteiger partial charge in [-0.1, -0.05) is 44.0 Å². The van der Waals surface area contributed by atoms with E-state index in [9.17, 15) is 0 Å². The maximum atomic E-state index is 4.11. The van der Waals surface area contributed by atoms with Crippen LogP contribution >= 0.6 is 31.9 Å². The van der Waals surface area contributed by atoms with Crippen molar-refractivity contribution in [1.29, 1.82) is 0 Å². The Morgan fingerprint density at radius 1 is 1.07 bits per heavy atom. The topological polar surface area (TPSA) is 12.9 Å². The summed E-state index contributed by atoms with van der Waals surface area (Å²) in [6.45, 7) is 0. The quantitative estimate of drug-likeness (QED) is 0.766.